The molecular formula is C28H22Cl2FN7O. The largest absolute Gasteiger partial charge is 0.396 e. The lowest BCUT2D eigenvalue weighted by Gasteiger charge is -2.21. The lowest BCUT2D eigenvalue weighted by Crippen LogP contribution is -2.14. The van der Waals surface area contributed by atoms with Gasteiger partial charge in [-0.25, -0.2) is 4.39 Å². The van der Waals surface area contributed by atoms with Gasteiger partial charge in [0.25, 0.3) is 0 Å². The standard InChI is InChI=1S/C28H22Cl2FN7O/c29-19-11-21-26(34-20-7-8-23(31)22(30)13-20)18(14-32)15-33-28(21)24(12-19)35-27(17-5-2-1-3-6-17)25-16-38(37-36-25)9-4-10-39/h1-3,5-8,11-13,15-16,27,35,39H,4,9-10H2,(H,33,34)/t27-/m0/s1. The minimum Gasteiger partial charge on any atom is -0.396 e. The molecule has 8 nitrogen and oxygen atoms in total. The second kappa shape index (κ2) is 11.7. The number of aliphatic hydroxyl groups excluding tert-OH is 1. The first-order chi connectivity index (χ1) is 19.0. The van der Waals surface area contributed by atoms with E-state index in [4.69, 9.17) is 23.2 Å². The molecule has 0 amide bonds. The monoisotopic (exact) mass is 561 g/mol. The van der Waals surface area contributed by atoms with E-state index < -0.39 is 11.9 Å². The highest BCUT2D eigenvalue weighted by Crippen LogP contribution is 2.37. The molecule has 0 spiro atoms. The molecule has 0 unspecified atom stereocenters. The van der Waals surface area contributed by atoms with E-state index in [9.17, 15) is 14.8 Å². The molecule has 1 atom stereocenters. The van der Waals surface area contributed by atoms with Crippen LogP contribution in [0.25, 0.3) is 10.9 Å². The van der Waals surface area contributed by atoms with Gasteiger partial charge in [-0.15, -0.1) is 5.10 Å². The molecule has 3 aromatic carbocycles. The number of aryl methyl sites for hydroxylation is 1. The predicted octanol–water partition coefficient (Wildman–Crippen LogP) is 6.47. The second-order valence-corrected chi connectivity index (χ2v) is 9.58. The number of pyridine rings is 1. The minimum atomic E-state index is -0.544. The van der Waals surface area contributed by atoms with Gasteiger partial charge >= 0.3 is 0 Å². The van der Waals surface area contributed by atoms with Crippen molar-refractivity contribution in [2.75, 3.05) is 17.2 Å². The molecule has 0 fully saturated rings. The first kappa shape index (κ1) is 26.4. The molecule has 3 N–H and O–H groups in total. The van der Waals surface area contributed by atoms with E-state index in [0.717, 1.165) is 5.56 Å². The highest BCUT2D eigenvalue weighted by atomic mass is 35.5. The van der Waals surface area contributed by atoms with Crippen molar-refractivity contribution >= 4 is 51.2 Å². The number of nitriles is 1. The van der Waals surface area contributed by atoms with Crippen LogP contribution in [0.15, 0.2) is 73.1 Å². The first-order valence-corrected chi connectivity index (χ1v) is 12.8. The topological polar surface area (TPSA) is 112 Å². The Morgan fingerprint density at radius 2 is 1.92 bits per heavy atom. The third-order valence-corrected chi connectivity index (χ3v) is 6.58. The number of aromatic nitrogens is 4. The number of aliphatic hydroxyl groups is 1. The molecule has 0 saturated heterocycles. The van der Waals surface area contributed by atoms with Crippen molar-refractivity contribution in [2.45, 2.75) is 19.0 Å². The van der Waals surface area contributed by atoms with E-state index in [-0.39, 0.29) is 17.2 Å². The van der Waals surface area contributed by atoms with Gasteiger partial charge in [-0.1, -0.05) is 58.7 Å². The Morgan fingerprint density at radius 1 is 1.10 bits per heavy atom. The van der Waals surface area contributed by atoms with Crippen molar-refractivity contribution in [1.82, 2.24) is 20.0 Å². The SMILES string of the molecule is N#Cc1cnc2c(N[C@@H](c3ccccc3)c3cn(CCCO)nn3)cc(Cl)cc2c1Nc1ccc(F)c(Cl)c1. The molecule has 196 valence electrons. The molecule has 0 aliphatic carbocycles. The molecule has 0 aliphatic heterocycles. The number of hydrogen-bond acceptors (Lipinski definition) is 7. The summed E-state index contributed by atoms with van der Waals surface area (Å²) in [4.78, 5) is 4.57. The van der Waals surface area contributed by atoms with Crippen LogP contribution in [0.2, 0.25) is 10.0 Å². The highest BCUT2D eigenvalue weighted by molar-refractivity contribution is 6.32. The van der Waals surface area contributed by atoms with Gasteiger partial charge in [-0.05, 0) is 42.3 Å². The van der Waals surface area contributed by atoms with Crippen molar-refractivity contribution < 1.29 is 9.50 Å². The summed E-state index contributed by atoms with van der Waals surface area (Å²) in [5.74, 6) is -0.544. The van der Waals surface area contributed by atoms with Crippen LogP contribution in [0.5, 0.6) is 0 Å². The highest BCUT2D eigenvalue weighted by Gasteiger charge is 2.21. The zero-order valence-corrected chi connectivity index (χ0v) is 22.0. The Balaban J connectivity index is 1.60. The van der Waals surface area contributed by atoms with Gasteiger partial charge in [0.05, 0.1) is 39.7 Å². The molecule has 5 aromatic rings. The van der Waals surface area contributed by atoms with Gasteiger partial charge < -0.3 is 15.7 Å². The number of fused-ring (bicyclic) bond motifs is 1. The van der Waals surface area contributed by atoms with E-state index in [1.165, 1.54) is 24.4 Å². The number of anilines is 3. The summed E-state index contributed by atoms with van der Waals surface area (Å²) in [6, 6.07) is 19.2. The van der Waals surface area contributed by atoms with Crippen LogP contribution in [-0.4, -0.2) is 31.7 Å². The van der Waals surface area contributed by atoms with Gasteiger partial charge in [0.15, 0.2) is 0 Å². The third-order valence-electron chi connectivity index (χ3n) is 6.08. The average molecular weight is 562 g/mol. The van der Waals surface area contributed by atoms with Crippen molar-refractivity contribution in [3.63, 3.8) is 0 Å². The fourth-order valence-electron chi connectivity index (χ4n) is 4.23. The average Bonchev–Trinajstić information content (AvgIpc) is 3.41. The lowest BCUT2D eigenvalue weighted by molar-refractivity contribution is 0.276. The summed E-state index contributed by atoms with van der Waals surface area (Å²) < 4.78 is 15.4. The molecule has 0 bridgehead atoms. The molecule has 39 heavy (non-hydrogen) atoms. The molecule has 0 radical (unpaired) electrons. The molecule has 2 heterocycles. The molecule has 0 aliphatic rings. The van der Waals surface area contributed by atoms with Crippen LogP contribution in [0.4, 0.5) is 21.5 Å². The number of halogens is 3. The molecule has 11 heteroatoms. The maximum absolute atomic E-state index is 13.7. The number of nitrogens with zero attached hydrogens (tertiary/aromatic N) is 5. The smallest absolute Gasteiger partial charge is 0.141 e. The first-order valence-electron chi connectivity index (χ1n) is 12.0. The summed E-state index contributed by atoms with van der Waals surface area (Å²) in [6.07, 6.45) is 3.86. The van der Waals surface area contributed by atoms with Crippen molar-refractivity contribution in [2.24, 2.45) is 0 Å². The zero-order valence-electron chi connectivity index (χ0n) is 20.4. The fraction of sp³-hybridized carbons (Fsp3) is 0.143. The van der Waals surface area contributed by atoms with Crippen LogP contribution in [0.3, 0.4) is 0 Å². The van der Waals surface area contributed by atoms with Crippen LogP contribution in [0, 0.1) is 17.1 Å². The predicted molar refractivity (Wildman–Crippen MR) is 150 cm³/mol. The summed E-state index contributed by atoms with van der Waals surface area (Å²) in [6.45, 7) is 0.590. The third kappa shape index (κ3) is 5.78. The van der Waals surface area contributed by atoms with E-state index in [2.05, 4.69) is 32.0 Å². The quantitative estimate of drug-likeness (QED) is 0.189. The van der Waals surface area contributed by atoms with Crippen molar-refractivity contribution in [3.05, 3.63) is 106 Å². The Bertz CT molecular complexity index is 1670. The summed E-state index contributed by atoms with van der Waals surface area (Å²) in [5, 5.41) is 35.2. The number of hydrogen-bond donors (Lipinski definition) is 3. The van der Waals surface area contributed by atoms with Crippen molar-refractivity contribution in [1.29, 1.82) is 5.26 Å². The Morgan fingerprint density at radius 3 is 2.67 bits per heavy atom. The van der Waals surface area contributed by atoms with Crippen LogP contribution < -0.4 is 10.6 Å². The van der Waals surface area contributed by atoms with E-state index in [1.807, 2.05) is 36.5 Å². The minimum absolute atomic E-state index is 0.0463. The summed E-state index contributed by atoms with van der Waals surface area (Å²) >= 11 is 12.5. The molecular weight excluding hydrogens is 540 g/mol. The Kier molecular flexibility index (Phi) is 7.89. The molecule has 0 saturated carbocycles. The maximum atomic E-state index is 13.7. The number of nitrogens with one attached hydrogen (secondary N) is 2. The van der Waals surface area contributed by atoms with E-state index >= 15 is 0 Å². The second-order valence-electron chi connectivity index (χ2n) is 8.73. The molecule has 2 aromatic heterocycles. The van der Waals surface area contributed by atoms with Gasteiger partial charge in [0.1, 0.15) is 17.6 Å². The van der Waals surface area contributed by atoms with Gasteiger partial charge in [-0.3, -0.25) is 9.67 Å². The molecule has 5 rings (SSSR count). The van der Waals surface area contributed by atoms with Gasteiger partial charge in [-0.2, -0.15) is 5.26 Å². The number of benzene rings is 3. The maximum Gasteiger partial charge on any atom is 0.141 e. The van der Waals surface area contributed by atoms with Crippen LogP contribution in [0.1, 0.15) is 29.3 Å². The Hall–Kier alpha value is -4.23. The Labute approximate surface area is 233 Å². The fourth-order valence-corrected chi connectivity index (χ4v) is 4.63. The van der Waals surface area contributed by atoms with Crippen LogP contribution in [-0.2, 0) is 6.54 Å². The van der Waals surface area contributed by atoms with E-state index in [1.54, 1.807) is 16.8 Å². The van der Waals surface area contributed by atoms with Crippen LogP contribution >= 0.6 is 23.2 Å². The summed E-state index contributed by atoms with van der Waals surface area (Å²) in [5.41, 5.74) is 4.02. The number of rotatable bonds is 9. The van der Waals surface area contributed by atoms with Gasteiger partial charge in [0.2, 0.25) is 0 Å². The van der Waals surface area contributed by atoms with E-state index in [0.29, 0.717) is 51.6 Å². The lowest BCUT2D eigenvalue weighted by atomic mass is 10.0. The van der Waals surface area contributed by atoms with Gasteiger partial charge in [0, 0.05) is 35.4 Å². The normalized spacial score (nSPS) is 11.8. The van der Waals surface area contributed by atoms with Crippen molar-refractivity contribution in [3.8, 4) is 6.07 Å². The summed E-state index contributed by atoms with van der Waals surface area (Å²) in [7, 11) is 0. The zero-order chi connectivity index (χ0) is 27.4.